The van der Waals surface area contributed by atoms with Crippen LogP contribution in [0.4, 0.5) is 0 Å². The van der Waals surface area contributed by atoms with Crippen molar-refractivity contribution < 1.29 is 43.3 Å². The molecule has 3 N–H and O–H groups in total. The molecule has 202 valence electrons. The lowest BCUT2D eigenvalue weighted by atomic mass is 10.1. The Bertz CT molecular complexity index is 827. The predicted molar refractivity (Wildman–Crippen MR) is 127 cm³/mol. The van der Waals surface area contributed by atoms with Crippen LogP contribution in [0.15, 0.2) is 12.5 Å². The number of amides is 1. The lowest BCUT2D eigenvalue weighted by Gasteiger charge is -2.21. The highest BCUT2D eigenvalue weighted by Crippen LogP contribution is 2.08. The van der Waals surface area contributed by atoms with Gasteiger partial charge in [-0.05, 0) is 12.8 Å². The van der Waals surface area contributed by atoms with Crippen LogP contribution in [0, 0.1) is 0 Å². The van der Waals surface area contributed by atoms with Crippen molar-refractivity contribution in [3.05, 3.63) is 18.2 Å². The lowest BCUT2D eigenvalue weighted by molar-refractivity contribution is -0.167. The second-order valence-corrected chi connectivity index (χ2v) is 8.28. The number of H-pyrrole nitrogens is 1. The van der Waals surface area contributed by atoms with Crippen molar-refractivity contribution in [3.63, 3.8) is 0 Å². The maximum Gasteiger partial charge on any atom is 0.329 e. The minimum atomic E-state index is -1.14. The molecule has 0 spiro atoms. The molecule has 0 saturated carbocycles. The molecule has 1 aromatic rings. The summed E-state index contributed by atoms with van der Waals surface area (Å²) in [7, 11) is 0. The Morgan fingerprint density at radius 2 is 1.64 bits per heavy atom. The Morgan fingerprint density at radius 3 is 2.28 bits per heavy atom. The second kappa shape index (κ2) is 17.9. The number of nitrogens with one attached hydrogen (secondary N) is 2. The number of ether oxygens (including phenoxy) is 3. The maximum absolute atomic E-state index is 12.8. The number of aliphatic carboxylic acids is 1. The number of aromatic amines is 1. The van der Waals surface area contributed by atoms with Gasteiger partial charge in [-0.15, -0.1) is 0 Å². The van der Waals surface area contributed by atoms with Crippen molar-refractivity contribution in [1.29, 1.82) is 0 Å². The Hall–Kier alpha value is -3.44. The number of hydrogen-bond acceptors (Lipinski definition) is 9. The fraction of sp³-hybridized carbons (Fsp3) is 0.667. The SMILES string of the molecule is CCCCCC(=O)OC(COC(=O)CCCC)COC(=O)C(Cc1cnc[nH]1)NC(=O)CCC(=O)O. The van der Waals surface area contributed by atoms with E-state index >= 15 is 0 Å². The number of esters is 3. The van der Waals surface area contributed by atoms with Gasteiger partial charge in [0.15, 0.2) is 6.10 Å². The summed E-state index contributed by atoms with van der Waals surface area (Å²) in [5, 5.41) is 11.2. The molecule has 36 heavy (non-hydrogen) atoms. The third kappa shape index (κ3) is 14.1. The van der Waals surface area contributed by atoms with Crippen LogP contribution in [0.25, 0.3) is 0 Å². The summed E-state index contributed by atoms with van der Waals surface area (Å²) in [6.45, 7) is 3.28. The van der Waals surface area contributed by atoms with Crippen molar-refractivity contribution in [2.75, 3.05) is 13.2 Å². The monoisotopic (exact) mass is 511 g/mol. The molecule has 12 heteroatoms. The molecule has 0 fully saturated rings. The van der Waals surface area contributed by atoms with Crippen LogP contribution in [0.3, 0.4) is 0 Å². The third-order valence-electron chi connectivity index (χ3n) is 5.02. The van der Waals surface area contributed by atoms with E-state index in [-0.39, 0.29) is 38.9 Å². The van der Waals surface area contributed by atoms with Crippen molar-refractivity contribution in [2.45, 2.75) is 90.2 Å². The van der Waals surface area contributed by atoms with Gasteiger partial charge in [0, 0.05) is 37.6 Å². The van der Waals surface area contributed by atoms with Crippen LogP contribution >= 0.6 is 0 Å². The summed E-state index contributed by atoms with van der Waals surface area (Å²) in [6, 6.07) is -1.14. The van der Waals surface area contributed by atoms with Gasteiger partial charge in [-0.2, -0.15) is 0 Å². The molecule has 0 aliphatic heterocycles. The summed E-state index contributed by atoms with van der Waals surface area (Å²) in [5.74, 6) is -3.54. The van der Waals surface area contributed by atoms with Crippen LogP contribution in [-0.4, -0.2) is 70.2 Å². The molecule has 0 saturated heterocycles. The van der Waals surface area contributed by atoms with Crippen molar-refractivity contribution in [2.24, 2.45) is 0 Å². The van der Waals surface area contributed by atoms with Gasteiger partial charge in [-0.1, -0.05) is 33.1 Å². The largest absolute Gasteiger partial charge is 0.481 e. The fourth-order valence-corrected chi connectivity index (χ4v) is 3.03. The Kier molecular flexibility index (Phi) is 15.2. The van der Waals surface area contributed by atoms with Gasteiger partial charge >= 0.3 is 23.9 Å². The maximum atomic E-state index is 12.8. The summed E-state index contributed by atoms with van der Waals surface area (Å²) in [6.07, 6.45) is 5.51. The second-order valence-electron chi connectivity index (χ2n) is 8.28. The van der Waals surface area contributed by atoms with Crippen LogP contribution in [0.2, 0.25) is 0 Å². The smallest absolute Gasteiger partial charge is 0.329 e. The normalized spacial score (nSPS) is 12.3. The standard InChI is InChI=1S/C24H37N3O9/c1-3-5-7-9-23(32)36-18(14-34-22(31)8-6-4-2)15-35-24(33)19(12-17-13-25-16-26-17)27-20(28)10-11-21(29)30/h13,16,18-19H,3-12,14-15H2,1-2H3,(H,25,26)(H,27,28)(H,29,30). The molecule has 12 nitrogen and oxygen atoms in total. The van der Waals surface area contributed by atoms with E-state index in [0.717, 1.165) is 19.3 Å². The van der Waals surface area contributed by atoms with E-state index in [2.05, 4.69) is 15.3 Å². The number of nitrogens with zero attached hydrogens (tertiary/aromatic N) is 1. The first kappa shape index (κ1) is 30.6. The summed E-state index contributed by atoms with van der Waals surface area (Å²) >= 11 is 0. The molecule has 0 bridgehead atoms. The van der Waals surface area contributed by atoms with Crippen molar-refractivity contribution in [3.8, 4) is 0 Å². The van der Waals surface area contributed by atoms with E-state index in [4.69, 9.17) is 19.3 Å². The van der Waals surface area contributed by atoms with Crippen molar-refractivity contribution in [1.82, 2.24) is 15.3 Å². The fourth-order valence-electron chi connectivity index (χ4n) is 3.03. The Labute approximate surface area is 210 Å². The van der Waals surface area contributed by atoms with Crippen LogP contribution in [0.1, 0.15) is 77.3 Å². The van der Waals surface area contributed by atoms with E-state index in [1.165, 1.54) is 12.5 Å². The molecule has 0 radical (unpaired) electrons. The van der Waals surface area contributed by atoms with E-state index in [1.54, 1.807) is 0 Å². The number of aromatic nitrogens is 2. The molecule has 1 rings (SSSR count). The number of carboxylic acid groups (broad SMARTS) is 1. The average molecular weight is 512 g/mol. The zero-order valence-electron chi connectivity index (χ0n) is 21.0. The van der Waals surface area contributed by atoms with Gasteiger partial charge in [0.2, 0.25) is 5.91 Å². The highest BCUT2D eigenvalue weighted by atomic mass is 16.6. The van der Waals surface area contributed by atoms with Gasteiger partial charge < -0.3 is 29.6 Å². The van der Waals surface area contributed by atoms with Crippen LogP contribution in [0.5, 0.6) is 0 Å². The van der Waals surface area contributed by atoms with Gasteiger partial charge in [0.1, 0.15) is 19.3 Å². The number of hydrogen-bond donors (Lipinski definition) is 3. The number of carbonyl (C=O) groups is 5. The summed E-state index contributed by atoms with van der Waals surface area (Å²) in [5.41, 5.74) is 0.541. The predicted octanol–water partition coefficient (Wildman–Crippen LogP) is 2.07. The number of rotatable bonds is 19. The first-order valence-electron chi connectivity index (χ1n) is 12.2. The molecule has 1 amide bonds. The molecular formula is C24H37N3O9. The zero-order chi connectivity index (χ0) is 26.8. The topological polar surface area (TPSA) is 174 Å². The molecular weight excluding hydrogens is 474 g/mol. The Balaban J connectivity index is 2.77. The Morgan fingerprint density at radius 1 is 0.944 bits per heavy atom. The zero-order valence-corrected chi connectivity index (χ0v) is 21.0. The summed E-state index contributed by atoms with van der Waals surface area (Å²) in [4.78, 5) is 66.4. The van der Waals surface area contributed by atoms with Crippen molar-refractivity contribution >= 4 is 29.8 Å². The molecule has 0 aliphatic rings. The molecule has 1 heterocycles. The third-order valence-corrected chi connectivity index (χ3v) is 5.02. The van der Waals surface area contributed by atoms with Gasteiger partial charge in [-0.3, -0.25) is 19.2 Å². The highest BCUT2D eigenvalue weighted by Gasteiger charge is 2.26. The van der Waals surface area contributed by atoms with Crippen LogP contribution in [-0.2, 0) is 44.6 Å². The quantitative estimate of drug-likeness (QED) is 0.142. The summed E-state index contributed by atoms with van der Waals surface area (Å²) < 4.78 is 15.9. The first-order valence-corrected chi connectivity index (χ1v) is 12.2. The van der Waals surface area contributed by atoms with Crippen LogP contribution < -0.4 is 5.32 Å². The molecule has 0 aliphatic carbocycles. The van der Waals surface area contributed by atoms with E-state index in [1.807, 2.05) is 13.8 Å². The van der Waals surface area contributed by atoms with E-state index < -0.39 is 48.4 Å². The number of imidazole rings is 1. The molecule has 0 aromatic carbocycles. The minimum Gasteiger partial charge on any atom is -0.481 e. The van der Waals surface area contributed by atoms with Gasteiger partial charge in [0.05, 0.1) is 12.7 Å². The molecule has 2 unspecified atom stereocenters. The average Bonchev–Trinajstić information content (AvgIpc) is 3.35. The van der Waals surface area contributed by atoms with E-state index in [0.29, 0.717) is 18.5 Å². The molecule has 2 atom stereocenters. The number of unbranched alkanes of at least 4 members (excludes halogenated alkanes) is 3. The number of carboxylic acids is 1. The number of carbonyl (C=O) groups excluding carboxylic acids is 4. The van der Waals surface area contributed by atoms with Gasteiger partial charge in [-0.25, -0.2) is 9.78 Å². The minimum absolute atomic E-state index is 0.0190. The lowest BCUT2D eigenvalue weighted by Crippen LogP contribution is -2.44. The first-order chi connectivity index (χ1) is 17.2. The molecule has 1 aromatic heterocycles. The highest BCUT2D eigenvalue weighted by molar-refractivity contribution is 5.86. The van der Waals surface area contributed by atoms with Gasteiger partial charge in [0.25, 0.3) is 0 Å². The van der Waals surface area contributed by atoms with E-state index in [9.17, 15) is 24.0 Å².